The molecule has 1 fully saturated rings. The third kappa shape index (κ3) is 2.33. The molecule has 0 spiro atoms. The summed E-state index contributed by atoms with van der Waals surface area (Å²) in [5.74, 6) is 0. The molecule has 1 saturated heterocycles. The number of aromatic nitrogens is 2. The number of nitrogens with one attached hydrogen (secondary N) is 2. The van der Waals surface area contributed by atoms with Crippen molar-refractivity contribution in [2.45, 2.75) is 32.2 Å². The summed E-state index contributed by atoms with van der Waals surface area (Å²) in [7, 11) is 0. The quantitative estimate of drug-likeness (QED) is 0.765. The Morgan fingerprint density at radius 1 is 1.43 bits per heavy atom. The second-order valence-electron chi connectivity index (χ2n) is 3.93. The van der Waals surface area contributed by atoms with Crippen molar-refractivity contribution in [3.63, 3.8) is 0 Å². The monoisotopic (exact) mass is 194 g/mol. The van der Waals surface area contributed by atoms with Gasteiger partial charge in [-0.15, -0.1) is 0 Å². The van der Waals surface area contributed by atoms with Crippen LogP contribution in [0, 0.1) is 0 Å². The highest BCUT2D eigenvalue weighted by Gasteiger charge is 2.13. The first kappa shape index (κ1) is 9.68. The van der Waals surface area contributed by atoms with Crippen LogP contribution in [0.5, 0.6) is 0 Å². The minimum absolute atomic E-state index is 0.354. The zero-order chi connectivity index (χ0) is 9.80. The molecule has 1 aromatic rings. The average Bonchev–Trinajstić information content (AvgIpc) is 2.72. The number of hydrogen-bond acceptors (Lipinski definition) is 3. The predicted molar refractivity (Wildman–Crippen MR) is 55.6 cm³/mol. The first-order valence-corrected chi connectivity index (χ1v) is 5.36. The van der Waals surface area contributed by atoms with Gasteiger partial charge in [-0.2, -0.15) is 5.10 Å². The summed E-state index contributed by atoms with van der Waals surface area (Å²) in [5, 5.41) is 9.11. The van der Waals surface area contributed by atoms with Crippen molar-refractivity contribution >= 4 is 0 Å². The number of hydrazine groups is 1. The molecule has 0 aromatic carbocycles. The normalized spacial score (nSPS) is 20.9. The molecule has 0 radical (unpaired) electrons. The Morgan fingerprint density at radius 2 is 2.21 bits per heavy atom. The zero-order valence-corrected chi connectivity index (χ0v) is 8.66. The highest BCUT2D eigenvalue weighted by Crippen LogP contribution is 2.13. The third-order valence-electron chi connectivity index (χ3n) is 2.75. The van der Waals surface area contributed by atoms with E-state index in [0.29, 0.717) is 6.04 Å². The van der Waals surface area contributed by atoms with Crippen molar-refractivity contribution in [1.82, 2.24) is 20.6 Å². The first-order chi connectivity index (χ1) is 6.86. The number of H-pyrrole nitrogens is 1. The predicted octanol–water partition coefficient (Wildman–Crippen LogP) is 1.46. The van der Waals surface area contributed by atoms with Crippen molar-refractivity contribution in [3.8, 4) is 0 Å². The maximum Gasteiger partial charge on any atom is 0.0535 e. The van der Waals surface area contributed by atoms with Gasteiger partial charge in [-0.25, -0.2) is 10.4 Å². The van der Waals surface area contributed by atoms with Crippen LogP contribution >= 0.6 is 0 Å². The standard InChI is InChI=1S/C10H18N4/c1-9(10-7-11-12-8-10)13-14-5-3-2-4-6-14/h7-9,13H,2-6H2,1H3,(H,11,12). The molecule has 0 aliphatic carbocycles. The van der Waals surface area contributed by atoms with E-state index in [-0.39, 0.29) is 0 Å². The highest BCUT2D eigenvalue weighted by molar-refractivity contribution is 5.07. The molecule has 2 heterocycles. The number of aromatic amines is 1. The van der Waals surface area contributed by atoms with E-state index in [1.54, 1.807) is 0 Å². The number of piperidine rings is 1. The van der Waals surface area contributed by atoms with Crippen LogP contribution in [0.3, 0.4) is 0 Å². The first-order valence-electron chi connectivity index (χ1n) is 5.36. The van der Waals surface area contributed by atoms with Gasteiger partial charge in [0.15, 0.2) is 0 Å². The van der Waals surface area contributed by atoms with E-state index in [1.165, 1.54) is 37.9 Å². The van der Waals surface area contributed by atoms with Crippen LogP contribution in [0.15, 0.2) is 12.4 Å². The summed E-state index contributed by atoms with van der Waals surface area (Å²) >= 11 is 0. The zero-order valence-electron chi connectivity index (χ0n) is 8.66. The lowest BCUT2D eigenvalue weighted by molar-refractivity contribution is 0.133. The maximum absolute atomic E-state index is 3.95. The fraction of sp³-hybridized carbons (Fsp3) is 0.700. The van der Waals surface area contributed by atoms with Crippen molar-refractivity contribution in [2.24, 2.45) is 0 Å². The SMILES string of the molecule is CC(NN1CCCCC1)c1cn[nH]c1. The number of rotatable bonds is 3. The molecular weight excluding hydrogens is 176 g/mol. The van der Waals surface area contributed by atoms with Gasteiger partial charge >= 0.3 is 0 Å². The van der Waals surface area contributed by atoms with Gasteiger partial charge in [-0.3, -0.25) is 5.10 Å². The fourth-order valence-corrected chi connectivity index (χ4v) is 1.87. The third-order valence-corrected chi connectivity index (χ3v) is 2.75. The average molecular weight is 194 g/mol. The molecule has 0 bridgehead atoms. The van der Waals surface area contributed by atoms with Gasteiger partial charge in [-0.1, -0.05) is 6.42 Å². The van der Waals surface area contributed by atoms with Crippen LogP contribution in [0.4, 0.5) is 0 Å². The molecule has 2 N–H and O–H groups in total. The van der Waals surface area contributed by atoms with Crippen LogP contribution in [0.25, 0.3) is 0 Å². The summed E-state index contributed by atoms with van der Waals surface area (Å²) in [4.78, 5) is 0. The molecule has 0 saturated carbocycles. The molecule has 4 nitrogen and oxygen atoms in total. The number of hydrogen-bond donors (Lipinski definition) is 2. The second-order valence-corrected chi connectivity index (χ2v) is 3.93. The van der Waals surface area contributed by atoms with Gasteiger partial charge in [0.2, 0.25) is 0 Å². The maximum atomic E-state index is 3.95. The second kappa shape index (κ2) is 4.57. The van der Waals surface area contributed by atoms with Crippen molar-refractivity contribution in [1.29, 1.82) is 0 Å². The topological polar surface area (TPSA) is 44.0 Å². The molecule has 2 rings (SSSR count). The van der Waals surface area contributed by atoms with Gasteiger partial charge in [0.25, 0.3) is 0 Å². The smallest absolute Gasteiger partial charge is 0.0535 e. The van der Waals surface area contributed by atoms with E-state index >= 15 is 0 Å². The minimum Gasteiger partial charge on any atom is -0.285 e. The molecule has 1 atom stereocenters. The number of nitrogens with zero attached hydrogens (tertiary/aromatic N) is 2. The Morgan fingerprint density at radius 3 is 2.86 bits per heavy atom. The van der Waals surface area contributed by atoms with Gasteiger partial charge < -0.3 is 0 Å². The molecule has 14 heavy (non-hydrogen) atoms. The van der Waals surface area contributed by atoms with Gasteiger partial charge in [0, 0.05) is 30.9 Å². The summed E-state index contributed by atoms with van der Waals surface area (Å²) in [6.45, 7) is 4.50. The molecule has 78 valence electrons. The molecule has 1 aromatic heterocycles. The lowest BCUT2D eigenvalue weighted by Gasteiger charge is -2.29. The van der Waals surface area contributed by atoms with Gasteiger partial charge in [0.1, 0.15) is 0 Å². The van der Waals surface area contributed by atoms with E-state index in [9.17, 15) is 0 Å². The molecule has 1 aliphatic heterocycles. The summed E-state index contributed by atoms with van der Waals surface area (Å²) < 4.78 is 0. The lowest BCUT2D eigenvalue weighted by Crippen LogP contribution is -2.42. The fourth-order valence-electron chi connectivity index (χ4n) is 1.87. The molecule has 4 heteroatoms. The summed E-state index contributed by atoms with van der Waals surface area (Å²) in [6, 6.07) is 0.354. The Hall–Kier alpha value is -0.870. The Bertz CT molecular complexity index is 251. The van der Waals surface area contributed by atoms with Crippen molar-refractivity contribution < 1.29 is 0 Å². The Labute approximate surface area is 84.7 Å². The molecule has 1 aliphatic rings. The van der Waals surface area contributed by atoms with Crippen LogP contribution in [-0.4, -0.2) is 28.3 Å². The van der Waals surface area contributed by atoms with Crippen LogP contribution in [-0.2, 0) is 0 Å². The van der Waals surface area contributed by atoms with Crippen molar-refractivity contribution in [3.05, 3.63) is 18.0 Å². The van der Waals surface area contributed by atoms with E-state index < -0.39 is 0 Å². The molecular formula is C10H18N4. The van der Waals surface area contributed by atoms with Gasteiger partial charge in [-0.05, 0) is 19.8 Å². The molecule has 1 unspecified atom stereocenters. The minimum atomic E-state index is 0.354. The van der Waals surface area contributed by atoms with Gasteiger partial charge in [0.05, 0.1) is 6.20 Å². The molecule has 0 amide bonds. The van der Waals surface area contributed by atoms with E-state index in [0.717, 1.165) is 0 Å². The Kier molecular flexibility index (Phi) is 3.16. The van der Waals surface area contributed by atoms with E-state index in [1.807, 2.05) is 12.4 Å². The van der Waals surface area contributed by atoms with Crippen LogP contribution in [0.1, 0.15) is 37.8 Å². The highest BCUT2D eigenvalue weighted by atomic mass is 15.5. The van der Waals surface area contributed by atoms with Crippen LogP contribution < -0.4 is 5.43 Å². The summed E-state index contributed by atoms with van der Waals surface area (Å²) in [5.41, 5.74) is 4.71. The Balaban J connectivity index is 1.84. The summed E-state index contributed by atoms with van der Waals surface area (Å²) in [6.07, 6.45) is 7.82. The van der Waals surface area contributed by atoms with E-state index in [2.05, 4.69) is 27.6 Å². The van der Waals surface area contributed by atoms with Crippen molar-refractivity contribution in [2.75, 3.05) is 13.1 Å². The van der Waals surface area contributed by atoms with E-state index in [4.69, 9.17) is 0 Å². The largest absolute Gasteiger partial charge is 0.285 e. The van der Waals surface area contributed by atoms with Crippen LogP contribution in [0.2, 0.25) is 0 Å². The lowest BCUT2D eigenvalue weighted by atomic mass is 10.1.